The van der Waals surface area contributed by atoms with Crippen molar-refractivity contribution >= 4 is 29.2 Å². The number of carbonyl (C=O) groups excluding carboxylic acids is 3. The van der Waals surface area contributed by atoms with Gasteiger partial charge in [0.2, 0.25) is 0 Å². The van der Waals surface area contributed by atoms with Gasteiger partial charge in [-0.05, 0) is 67.4 Å². The molecule has 6 heteroatoms. The average Bonchev–Trinajstić information content (AvgIpc) is 2.76. The van der Waals surface area contributed by atoms with Crippen molar-refractivity contribution < 1.29 is 19.1 Å². The number of esters is 1. The summed E-state index contributed by atoms with van der Waals surface area (Å²) in [6.45, 7) is 3.97. The molecular formula is C24H22N2O4. The Morgan fingerprint density at radius 3 is 2.20 bits per heavy atom. The van der Waals surface area contributed by atoms with Crippen molar-refractivity contribution in [3.63, 3.8) is 0 Å². The van der Waals surface area contributed by atoms with E-state index in [4.69, 9.17) is 0 Å². The van der Waals surface area contributed by atoms with Crippen molar-refractivity contribution in [2.75, 3.05) is 17.7 Å². The van der Waals surface area contributed by atoms with Crippen LogP contribution in [0, 0.1) is 13.8 Å². The van der Waals surface area contributed by atoms with Gasteiger partial charge in [-0.1, -0.05) is 24.3 Å². The second-order valence-corrected chi connectivity index (χ2v) is 6.83. The summed E-state index contributed by atoms with van der Waals surface area (Å²) in [7, 11) is 1.28. The second kappa shape index (κ2) is 9.05. The molecular weight excluding hydrogens is 380 g/mol. The number of ether oxygens (including phenoxy) is 1. The Hall–Kier alpha value is -3.93. The number of aryl methyl sites for hydroxylation is 2. The fraction of sp³-hybridized carbons (Fsp3) is 0.125. The number of methoxy groups -OCH3 is 1. The summed E-state index contributed by atoms with van der Waals surface area (Å²) in [5.41, 5.74) is 4.12. The quantitative estimate of drug-likeness (QED) is 0.611. The first-order valence-electron chi connectivity index (χ1n) is 9.36. The molecule has 30 heavy (non-hydrogen) atoms. The third kappa shape index (κ3) is 4.72. The molecule has 2 N–H and O–H groups in total. The van der Waals surface area contributed by atoms with Crippen LogP contribution in [-0.4, -0.2) is 24.9 Å². The number of para-hydroxylation sites is 1. The van der Waals surface area contributed by atoms with Crippen LogP contribution in [0.15, 0.2) is 66.7 Å². The Kier molecular flexibility index (Phi) is 6.27. The molecule has 152 valence electrons. The Morgan fingerprint density at radius 1 is 0.733 bits per heavy atom. The third-order valence-electron chi connectivity index (χ3n) is 4.73. The Morgan fingerprint density at radius 2 is 1.47 bits per heavy atom. The monoisotopic (exact) mass is 402 g/mol. The highest BCUT2D eigenvalue weighted by molar-refractivity contribution is 6.12. The minimum absolute atomic E-state index is 0.269. The maximum Gasteiger partial charge on any atom is 0.337 e. The number of carbonyl (C=O) groups is 3. The molecule has 0 aliphatic rings. The normalized spacial score (nSPS) is 10.2. The lowest BCUT2D eigenvalue weighted by molar-refractivity contribution is 0.0600. The van der Waals surface area contributed by atoms with Gasteiger partial charge >= 0.3 is 5.97 Å². The van der Waals surface area contributed by atoms with Crippen LogP contribution >= 0.6 is 0 Å². The zero-order valence-corrected chi connectivity index (χ0v) is 17.0. The highest BCUT2D eigenvalue weighted by Gasteiger charge is 2.16. The molecule has 2 amide bonds. The van der Waals surface area contributed by atoms with Gasteiger partial charge in [0.15, 0.2) is 0 Å². The predicted octanol–water partition coefficient (Wildman–Crippen LogP) is 4.59. The van der Waals surface area contributed by atoms with Crippen molar-refractivity contribution in [3.05, 3.63) is 94.5 Å². The standard InChI is InChI=1S/C24H22N2O4/c1-15-11-12-19(13-16(15)2)25-23(28)20-9-4-5-10-21(20)26-22(27)17-7-6-8-18(14-17)24(29)30-3/h4-14H,1-3H3,(H,25,28)(H,26,27). The topological polar surface area (TPSA) is 84.5 Å². The van der Waals surface area contributed by atoms with Gasteiger partial charge in [-0.2, -0.15) is 0 Å². The fourth-order valence-corrected chi connectivity index (χ4v) is 2.91. The molecule has 0 saturated heterocycles. The summed E-state index contributed by atoms with van der Waals surface area (Å²) < 4.78 is 4.69. The molecule has 3 aromatic carbocycles. The van der Waals surface area contributed by atoms with Crippen LogP contribution in [0.3, 0.4) is 0 Å². The van der Waals surface area contributed by atoms with Crippen LogP contribution in [0.5, 0.6) is 0 Å². The van der Waals surface area contributed by atoms with E-state index in [9.17, 15) is 14.4 Å². The summed E-state index contributed by atoms with van der Waals surface area (Å²) in [4.78, 5) is 37.2. The minimum Gasteiger partial charge on any atom is -0.465 e. The predicted molar refractivity (Wildman–Crippen MR) is 116 cm³/mol. The number of nitrogens with one attached hydrogen (secondary N) is 2. The third-order valence-corrected chi connectivity index (χ3v) is 4.73. The van der Waals surface area contributed by atoms with Crippen LogP contribution in [-0.2, 0) is 4.74 Å². The number of hydrogen-bond acceptors (Lipinski definition) is 4. The van der Waals surface area contributed by atoms with Gasteiger partial charge in [-0.3, -0.25) is 9.59 Å². The summed E-state index contributed by atoms with van der Waals surface area (Å²) in [5, 5.41) is 5.61. The van der Waals surface area contributed by atoms with E-state index in [-0.39, 0.29) is 17.0 Å². The van der Waals surface area contributed by atoms with Crippen LogP contribution in [0.2, 0.25) is 0 Å². The van der Waals surface area contributed by atoms with Crippen molar-refractivity contribution in [2.45, 2.75) is 13.8 Å². The lowest BCUT2D eigenvalue weighted by Crippen LogP contribution is -2.18. The molecule has 0 aromatic heterocycles. The minimum atomic E-state index is -0.530. The van der Waals surface area contributed by atoms with Gasteiger partial charge in [0.05, 0.1) is 23.9 Å². The molecule has 0 aliphatic heterocycles. The van der Waals surface area contributed by atoms with Crippen molar-refractivity contribution in [2.24, 2.45) is 0 Å². The van der Waals surface area contributed by atoms with Gasteiger partial charge in [-0.25, -0.2) is 4.79 Å². The van der Waals surface area contributed by atoms with E-state index < -0.39 is 11.9 Å². The molecule has 3 rings (SSSR count). The van der Waals surface area contributed by atoms with E-state index >= 15 is 0 Å². The first-order chi connectivity index (χ1) is 14.4. The highest BCUT2D eigenvalue weighted by atomic mass is 16.5. The number of amides is 2. The second-order valence-electron chi connectivity index (χ2n) is 6.83. The maximum absolute atomic E-state index is 12.8. The van der Waals surface area contributed by atoms with E-state index in [1.807, 2.05) is 32.0 Å². The maximum atomic E-state index is 12.8. The number of benzene rings is 3. The summed E-state index contributed by atoms with van der Waals surface area (Å²) in [5.74, 6) is -1.30. The molecule has 0 unspecified atom stereocenters. The van der Waals surface area contributed by atoms with Crippen molar-refractivity contribution in [1.29, 1.82) is 0 Å². The molecule has 0 aliphatic carbocycles. The zero-order chi connectivity index (χ0) is 21.7. The zero-order valence-electron chi connectivity index (χ0n) is 17.0. The van der Waals surface area contributed by atoms with Gasteiger partial charge in [0.25, 0.3) is 11.8 Å². The first-order valence-corrected chi connectivity index (χ1v) is 9.36. The van der Waals surface area contributed by atoms with E-state index in [0.29, 0.717) is 16.9 Å². The molecule has 0 heterocycles. The average molecular weight is 402 g/mol. The molecule has 6 nitrogen and oxygen atoms in total. The molecule has 0 spiro atoms. The molecule has 0 saturated carbocycles. The Balaban J connectivity index is 1.81. The fourth-order valence-electron chi connectivity index (χ4n) is 2.91. The number of rotatable bonds is 5. The lowest BCUT2D eigenvalue weighted by Gasteiger charge is -2.12. The van der Waals surface area contributed by atoms with E-state index in [1.165, 1.54) is 13.2 Å². The van der Waals surface area contributed by atoms with E-state index in [2.05, 4.69) is 15.4 Å². The summed E-state index contributed by atoms with van der Waals surface area (Å²) in [6.07, 6.45) is 0. The number of hydrogen-bond donors (Lipinski definition) is 2. The van der Waals surface area contributed by atoms with Gasteiger partial charge < -0.3 is 15.4 Å². The van der Waals surface area contributed by atoms with Crippen LogP contribution in [0.25, 0.3) is 0 Å². The molecule has 0 atom stereocenters. The largest absolute Gasteiger partial charge is 0.465 e. The highest BCUT2D eigenvalue weighted by Crippen LogP contribution is 2.20. The first kappa shape index (κ1) is 20.8. The van der Waals surface area contributed by atoms with Gasteiger partial charge in [0.1, 0.15) is 0 Å². The van der Waals surface area contributed by atoms with Crippen LogP contribution < -0.4 is 10.6 Å². The van der Waals surface area contributed by atoms with Crippen molar-refractivity contribution in [3.8, 4) is 0 Å². The van der Waals surface area contributed by atoms with Crippen LogP contribution in [0.4, 0.5) is 11.4 Å². The molecule has 3 aromatic rings. The molecule has 0 bridgehead atoms. The van der Waals surface area contributed by atoms with E-state index in [1.54, 1.807) is 42.5 Å². The number of anilines is 2. The summed E-state index contributed by atoms with van der Waals surface area (Å²) in [6, 6.07) is 18.6. The molecule has 0 radical (unpaired) electrons. The summed E-state index contributed by atoms with van der Waals surface area (Å²) >= 11 is 0. The van der Waals surface area contributed by atoms with Gasteiger partial charge in [-0.15, -0.1) is 0 Å². The van der Waals surface area contributed by atoms with E-state index in [0.717, 1.165) is 11.1 Å². The molecule has 0 fully saturated rings. The Bertz CT molecular complexity index is 1120. The van der Waals surface area contributed by atoms with Crippen LogP contribution in [0.1, 0.15) is 42.2 Å². The lowest BCUT2D eigenvalue weighted by atomic mass is 10.1. The smallest absolute Gasteiger partial charge is 0.337 e. The SMILES string of the molecule is COC(=O)c1cccc(C(=O)Nc2ccccc2C(=O)Nc2ccc(C)c(C)c2)c1. The Labute approximate surface area is 174 Å². The van der Waals surface area contributed by atoms with Gasteiger partial charge in [0, 0.05) is 11.3 Å². The van der Waals surface area contributed by atoms with Crippen molar-refractivity contribution in [1.82, 2.24) is 0 Å².